The van der Waals surface area contributed by atoms with Crippen LogP contribution in [0.4, 0.5) is 5.69 Å². The minimum Gasteiger partial charge on any atom is -0.478 e. The van der Waals surface area contributed by atoms with Crippen molar-refractivity contribution in [1.29, 1.82) is 0 Å². The van der Waals surface area contributed by atoms with E-state index < -0.39 is 42.9 Å². The van der Waals surface area contributed by atoms with E-state index in [9.17, 15) is 21.6 Å². The fourth-order valence-electron chi connectivity index (χ4n) is 1.31. The molecule has 0 aliphatic rings. The summed E-state index contributed by atoms with van der Waals surface area (Å²) in [5.74, 6) is -2.63. The third-order valence-electron chi connectivity index (χ3n) is 2.22. The normalized spacial score (nSPS) is 12.1. The maximum Gasteiger partial charge on any atom is 0.339 e. The number of benzene rings is 1. The lowest BCUT2D eigenvalue weighted by Gasteiger charge is -2.11. The first-order chi connectivity index (χ1) is 9.02. The second-order valence-electron chi connectivity index (χ2n) is 4.02. The molecule has 1 aromatic rings. The summed E-state index contributed by atoms with van der Waals surface area (Å²) in [7, 11) is -7.44. The highest BCUT2D eigenvalue weighted by atomic mass is 35.5. The summed E-state index contributed by atoms with van der Waals surface area (Å²) in [6.07, 6.45) is 0.907. The zero-order valence-electron chi connectivity index (χ0n) is 10.3. The number of hydrogen-bond donors (Lipinski definition) is 2. The molecule has 2 N–H and O–H groups in total. The maximum absolute atomic E-state index is 11.7. The van der Waals surface area contributed by atoms with Crippen LogP contribution in [0.2, 0.25) is 5.02 Å². The van der Waals surface area contributed by atoms with Gasteiger partial charge in [0.25, 0.3) is 0 Å². The molecule has 1 rings (SSSR count). The Hall–Kier alpha value is -1.32. The Labute approximate surface area is 121 Å². The quantitative estimate of drug-likeness (QED) is 0.791. The van der Waals surface area contributed by atoms with Crippen LogP contribution in [0.15, 0.2) is 18.2 Å². The smallest absolute Gasteiger partial charge is 0.339 e. The first kappa shape index (κ1) is 16.7. The molecular weight excluding hydrogens is 330 g/mol. The molecule has 0 aliphatic heterocycles. The van der Waals surface area contributed by atoms with E-state index in [0.717, 1.165) is 6.26 Å². The lowest BCUT2D eigenvalue weighted by molar-refractivity contribution is 0.0698. The van der Waals surface area contributed by atoms with E-state index in [1.54, 1.807) is 0 Å². The monoisotopic (exact) mass is 341 g/mol. The van der Waals surface area contributed by atoms with Crippen molar-refractivity contribution in [2.75, 3.05) is 22.5 Å². The zero-order chi connectivity index (χ0) is 15.6. The van der Waals surface area contributed by atoms with E-state index in [4.69, 9.17) is 16.7 Å². The lowest BCUT2D eigenvalue weighted by Crippen LogP contribution is -2.23. The van der Waals surface area contributed by atoms with Crippen LogP contribution in [0.25, 0.3) is 0 Å². The van der Waals surface area contributed by atoms with E-state index in [1.807, 2.05) is 4.72 Å². The molecular formula is C10H12ClNO6S2. The standard InChI is InChI=1S/C10H12ClNO6S2/c1-19(15,16)5-6-20(17,18)12-8-4-2-3-7(11)9(8)10(13)14/h2-4,12H,5-6H2,1H3,(H,13,14). The van der Waals surface area contributed by atoms with Crippen molar-refractivity contribution in [3.05, 3.63) is 28.8 Å². The van der Waals surface area contributed by atoms with E-state index in [1.165, 1.54) is 18.2 Å². The molecule has 0 heterocycles. The number of carbonyl (C=O) groups is 1. The number of aromatic carboxylic acids is 1. The van der Waals surface area contributed by atoms with Crippen molar-refractivity contribution in [2.45, 2.75) is 0 Å². The number of sulfonamides is 1. The van der Waals surface area contributed by atoms with Crippen molar-refractivity contribution in [3.8, 4) is 0 Å². The largest absolute Gasteiger partial charge is 0.478 e. The number of nitrogens with one attached hydrogen (secondary N) is 1. The summed E-state index contributed by atoms with van der Waals surface area (Å²) < 4.78 is 47.4. The van der Waals surface area contributed by atoms with Crippen molar-refractivity contribution >= 4 is 43.1 Å². The average molecular weight is 342 g/mol. The van der Waals surface area contributed by atoms with E-state index in [-0.39, 0.29) is 10.7 Å². The van der Waals surface area contributed by atoms with E-state index in [0.29, 0.717) is 0 Å². The number of rotatable bonds is 6. The molecule has 0 aromatic heterocycles. The molecule has 0 atom stereocenters. The fourth-order valence-corrected chi connectivity index (χ4v) is 4.26. The average Bonchev–Trinajstić information content (AvgIpc) is 2.24. The van der Waals surface area contributed by atoms with E-state index >= 15 is 0 Å². The van der Waals surface area contributed by atoms with Crippen LogP contribution in [-0.2, 0) is 19.9 Å². The number of sulfone groups is 1. The molecule has 1 aromatic carbocycles. The summed E-state index contributed by atoms with van der Waals surface area (Å²) >= 11 is 5.69. The zero-order valence-corrected chi connectivity index (χ0v) is 12.7. The summed E-state index contributed by atoms with van der Waals surface area (Å²) in [6.45, 7) is 0. The molecule has 0 unspecified atom stereocenters. The highest BCUT2D eigenvalue weighted by molar-refractivity contribution is 7.95. The SMILES string of the molecule is CS(=O)(=O)CCS(=O)(=O)Nc1cccc(Cl)c1C(=O)O. The van der Waals surface area contributed by atoms with Gasteiger partial charge in [-0.3, -0.25) is 4.72 Å². The molecule has 0 saturated carbocycles. The minimum absolute atomic E-state index is 0.124. The van der Waals surface area contributed by atoms with Gasteiger partial charge in [0.15, 0.2) is 0 Å². The van der Waals surface area contributed by atoms with E-state index in [2.05, 4.69) is 0 Å². The summed E-state index contributed by atoms with van der Waals surface area (Å²) in [4.78, 5) is 11.0. The molecule has 0 radical (unpaired) electrons. The number of anilines is 1. The van der Waals surface area contributed by atoms with Gasteiger partial charge >= 0.3 is 5.97 Å². The Morgan fingerprint density at radius 1 is 1.25 bits per heavy atom. The topological polar surface area (TPSA) is 118 Å². The number of carboxylic acids is 1. The minimum atomic E-state index is -3.99. The molecule has 0 bridgehead atoms. The van der Waals surface area contributed by atoms with Crippen LogP contribution in [-0.4, -0.2) is 45.7 Å². The molecule has 10 heteroatoms. The van der Waals surface area contributed by atoms with Crippen LogP contribution >= 0.6 is 11.6 Å². The predicted octanol–water partition coefficient (Wildman–Crippen LogP) is 0.824. The van der Waals surface area contributed by atoms with Crippen LogP contribution in [0, 0.1) is 0 Å². The summed E-state index contributed by atoms with van der Waals surface area (Å²) in [5.41, 5.74) is -0.601. The maximum atomic E-state index is 11.7. The van der Waals surface area contributed by atoms with Gasteiger partial charge in [-0.1, -0.05) is 17.7 Å². The molecule has 0 aliphatic carbocycles. The Bertz CT molecular complexity index is 726. The highest BCUT2D eigenvalue weighted by Gasteiger charge is 2.20. The molecule has 0 spiro atoms. The highest BCUT2D eigenvalue weighted by Crippen LogP contribution is 2.25. The Balaban J connectivity index is 3.05. The van der Waals surface area contributed by atoms with Gasteiger partial charge in [-0.15, -0.1) is 0 Å². The first-order valence-electron chi connectivity index (χ1n) is 5.22. The predicted molar refractivity (Wildman–Crippen MR) is 75.5 cm³/mol. The third-order valence-corrected chi connectivity index (χ3v) is 5.01. The molecule has 20 heavy (non-hydrogen) atoms. The van der Waals surface area contributed by atoms with Crippen LogP contribution in [0.3, 0.4) is 0 Å². The second-order valence-corrected chi connectivity index (χ2v) is 8.53. The van der Waals surface area contributed by atoms with Gasteiger partial charge in [0.05, 0.1) is 22.2 Å². The van der Waals surface area contributed by atoms with Crippen LogP contribution in [0.5, 0.6) is 0 Å². The van der Waals surface area contributed by atoms with Gasteiger partial charge in [0.1, 0.15) is 15.4 Å². The molecule has 112 valence electrons. The summed E-state index contributed by atoms with van der Waals surface area (Å²) in [5, 5.41) is 8.86. The van der Waals surface area contributed by atoms with Crippen molar-refractivity contribution in [1.82, 2.24) is 0 Å². The van der Waals surface area contributed by atoms with Gasteiger partial charge < -0.3 is 5.11 Å². The van der Waals surface area contributed by atoms with Crippen molar-refractivity contribution in [3.63, 3.8) is 0 Å². The van der Waals surface area contributed by atoms with Gasteiger partial charge in [0, 0.05) is 6.26 Å². The van der Waals surface area contributed by atoms with Crippen molar-refractivity contribution < 1.29 is 26.7 Å². The fraction of sp³-hybridized carbons (Fsp3) is 0.300. The Morgan fingerprint density at radius 2 is 1.85 bits per heavy atom. The van der Waals surface area contributed by atoms with Gasteiger partial charge in [-0.2, -0.15) is 0 Å². The first-order valence-corrected chi connectivity index (χ1v) is 9.31. The number of halogens is 1. The Kier molecular flexibility index (Phi) is 5.00. The van der Waals surface area contributed by atoms with Gasteiger partial charge in [-0.25, -0.2) is 21.6 Å². The van der Waals surface area contributed by atoms with Crippen LogP contribution < -0.4 is 4.72 Å². The molecule has 0 saturated heterocycles. The summed E-state index contributed by atoms with van der Waals surface area (Å²) in [6, 6.07) is 3.91. The number of carboxylic acid groups (broad SMARTS) is 1. The van der Waals surface area contributed by atoms with Gasteiger partial charge in [0.2, 0.25) is 10.0 Å². The molecule has 7 nitrogen and oxygen atoms in total. The lowest BCUT2D eigenvalue weighted by atomic mass is 10.2. The Morgan fingerprint density at radius 3 is 2.35 bits per heavy atom. The van der Waals surface area contributed by atoms with Crippen molar-refractivity contribution in [2.24, 2.45) is 0 Å². The van der Waals surface area contributed by atoms with Crippen LogP contribution in [0.1, 0.15) is 10.4 Å². The third kappa shape index (κ3) is 4.99. The van der Waals surface area contributed by atoms with Gasteiger partial charge in [-0.05, 0) is 12.1 Å². The molecule has 0 fully saturated rings. The number of hydrogen-bond acceptors (Lipinski definition) is 5. The second kappa shape index (κ2) is 5.98. The molecule has 0 amide bonds.